The molecule has 5 rings (SSSR count). The van der Waals surface area contributed by atoms with Gasteiger partial charge in [0.25, 0.3) is 5.91 Å². The number of carbonyl (C=O) groups is 1. The van der Waals surface area contributed by atoms with Crippen molar-refractivity contribution < 1.29 is 33.3 Å². The Kier molecular flexibility index (Phi) is 7.23. The van der Waals surface area contributed by atoms with E-state index in [1.807, 2.05) is 23.6 Å². The quantitative estimate of drug-likeness (QED) is 0.262. The summed E-state index contributed by atoms with van der Waals surface area (Å²) in [5.74, 6) is 0.965. The van der Waals surface area contributed by atoms with Gasteiger partial charge in [-0.2, -0.15) is 0 Å². The monoisotopic (exact) mass is 555 g/mol. The standard InChI is InChI=1S/C28H27F2N3O5S/c1-3-39-21-10-8-20(9-11-21)27(15-34,16-35)32-26(36)18-7-12-23-22(13-18)31-17(2)33(23)14-19-5-4-6-24-25(19)38-28(29,30)37-24/h4-13,34-35H,3,14-16H2,1-2H3,(H,32,36). The molecule has 0 fully saturated rings. The van der Waals surface area contributed by atoms with Gasteiger partial charge in [-0.1, -0.05) is 31.2 Å². The second kappa shape index (κ2) is 10.5. The zero-order valence-corrected chi connectivity index (χ0v) is 22.1. The zero-order chi connectivity index (χ0) is 27.8. The number of aryl methyl sites for hydroxylation is 1. The van der Waals surface area contributed by atoms with E-state index >= 15 is 0 Å². The number of benzene rings is 3. The highest BCUT2D eigenvalue weighted by molar-refractivity contribution is 7.99. The summed E-state index contributed by atoms with van der Waals surface area (Å²) in [5.41, 5.74) is 1.19. The topological polar surface area (TPSA) is 106 Å². The molecule has 0 bridgehead atoms. The predicted molar refractivity (Wildman–Crippen MR) is 142 cm³/mol. The van der Waals surface area contributed by atoms with Crippen LogP contribution in [0.3, 0.4) is 0 Å². The van der Waals surface area contributed by atoms with Gasteiger partial charge in [-0.15, -0.1) is 20.5 Å². The molecule has 39 heavy (non-hydrogen) atoms. The van der Waals surface area contributed by atoms with Gasteiger partial charge >= 0.3 is 6.29 Å². The number of thioether (sulfide) groups is 1. The van der Waals surface area contributed by atoms with Crippen LogP contribution in [0.1, 0.15) is 34.2 Å². The van der Waals surface area contributed by atoms with Crippen LogP contribution in [0.5, 0.6) is 11.5 Å². The third-order valence-electron chi connectivity index (χ3n) is 6.65. The van der Waals surface area contributed by atoms with Gasteiger partial charge in [-0.3, -0.25) is 4.79 Å². The number of hydrogen-bond acceptors (Lipinski definition) is 7. The molecule has 0 saturated heterocycles. The Balaban J connectivity index is 1.41. The van der Waals surface area contributed by atoms with E-state index in [4.69, 9.17) is 4.74 Å². The Labute approximate surface area is 227 Å². The van der Waals surface area contributed by atoms with E-state index in [1.165, 1.54) is 6.07 Å². The fourth-order valence-electron chi connectivity index (χ4n) is 4.62. The normalized spacial score (nSPS) is 14.1. The third-order valence-corrected chi connectivity index (χ3v) is 7.54. The van der Waals surface area contributed by atoms with E-state index in [0.717, 1.165) is 10.6 Å². The van der Waals surface area contributed by atoms with Crippen LogP contribution in [-0.2, 0) is 12.1 Å². The molecule has 0 atom stereocenters. The molecular weight excluding hydrogens is 528 g/mol. The van der Waals surface area contributed by atoms with Gasteiger partial charge in [0, 0.05) is 16.0 Å². The Morgan fingerprint density at radius 3 is 2.54 bits per heavy atom. The van der Waals surface area contributed by atoms with Crippen LogP contribution in [0.15, 0.2) is 65.6 Å². The SMILES string of the molecule is CCSc1ccc(C(CO)(CO)NC(=O)c2ccc3c(c2)nc(C)n3Cc2cccc3c2OC(F)(F)O3)cc1. The highest BCUT2D eigenvalue weighted by Crippen LogP contribution is 2.43. The molecule has 0 radical (unpaired) electrons. The first-order chi connectivity index (χ1) is 18.7. The minimum Gasteiger partial charge on any atom is -0.395 e. The van der Waals surface area contributed by atoms with Crippen LogP contribution >= 0.6 is 11.8 Å². The molecule has 204 valence electrons. The molecule has 2 heterocycles. The molecular formula is C28H27F2N3O5S. The van der Waals surface area contributed by atoms with E-state index in [9.17, 15) is 23.8 Å². The Morgan fingerprint density at radius 1 is 1.10 bits per heavy atom. The van der Waals surface area contributed by atoms with Crippen molar-refractivity contribution in [1.29, 1.82) is 0 Å². The number of alkyl halides is 2. The van der Waals surface area contributed by atoms with E-state index in [0.29, 0.717) is 28.0 Å². The van der Waals surface area contributed by atoms with Gasteiger partial charge in [0.15, 0.2) is 11.5 Å². The molecule has 3 N–H and O–H groups in total. The first kappa shape index (κ1) is 26.9. The van der Waals surface area contributed by atoms with Crippen LogP contribution in [0.25, 0.3) is 11.0 Å². The molecule has 0 aliphatic carbocycles. The summed E-state index contributed by atoms with van der Waals surface area (Å²) in [5, 5.41) is 23.2. The maximum atomic E-state index is 13.6. The van der Waals surface area contributed by atoms with Crippen molar-refractivity contribution in [2.75, 3.05) is 19.0 Å². The molecule has 1 amide bonds. The second-order valence-electron chi connectivity index (χ2n) is 9.17. The molecule has 0 saturated carbocycles. The highest BCUT2D eigenvalue weighted by Gasteiger charge is 2.44. The first-order valence-electron chi connectivity index (χ1n) is 12.3. The van der Waals surface area contributed by atoms with Crippen molar-refractivity contribution in [2.45, 2.75) is 37.1 Å². The molecule has 4 aromatic rings. The lowest BCUT2D eigenvalue weighted by Gasteiger charge is -2.31. The lowest BCUT2D eigenvalue weighted by atomic mass is 9.91. The number of aliphatic hydroxyl groups excluding tert-OH is 2. The number of aliphatic hydroxyl groups is 2. The number of amides is 1. The Hall–Kier alpha value is -3.67. The van der Waals surface area contributed by atoms with Crippen LogP contribution < -0.4 is 14.8 Å². The predicted octanol–water partition coefficient (Wildman–Crippen LogP) is 4.44. The molecule has 1 aliphatic heterocycles. The molecule has 0 unspecified atom stereocenters. The number of hydrogen-bond donors (Lipinski definition) is 3. The number of halogens is 2. The Morgan fingerprint density at radius 2 is 1.85 bits per heavy atom. The van der Waals surface area contributed by atoms with Crippen molar-refractivity contribution in [3.8, 4) is 11.5 Å². The van der Waals surface area contributed by atoms with Crippen molar-refractivity contribution in [3.63, 3.8) is 0 Å². The average Bonchev–Trinajstić information content (AvgIpc) is 3.42. The maximum absolute atomic E-state index is 13.6. The summed E-state index contributed by atoms with van der Waals surface area (Å²) in [6.07, 6.45) is -3.72. The highest BCUT2D eigenvalue weighted by atomic mass is 32.2. The molecule has 8 nitrogen and oxygen atoms in total. The molecule has 3 aromatic carbocycles. The van der Waals surface area contributed by atoms with E-state index < -0.39 is 31.0 Å². The largest absolute Gasteiger partial charge is 0.586 e. The number of para-hydroxylation sites is 1. The number of nitrogens with zero attached hydrogens (tertiary/aromatic N) is 2. The van der Waals surface area contributed by atoms with E-state index in [-0.39, 0.29) is 23.6 Å². The fraction of sp³-hybridized carbons (Fsp3) is 0.286. The molecule has 1 aromatic heterocycles. The summed E-state index contributed by atoms with van der Waals surface area (Å²) in [6, 6.07) is 17.0. The number of ether oxygens (including phenoxy) is 2. The van der Waals surface area contributed by atoms with Crippen molar-refractivity contribution in [1.82, 2.24) is 14.9 Å². The van der Waals surface area contributed by atoms with Gasteiger partial charge in [0.05, 0.1) is 30.8 Å². The van der Waals surface area contributed by atoms with Gasteiger partial charge in [-0.05, 0) is 54.6 Å². The molecule has 11 heteroatoms. The zero-order valence-electron chi connectivity index (χ0n) is 21.3. The summed E-state index contributed by atoms with van der Waals surface area (Å²) < 4.78 is 38.4. The van der Waals surface area contributed by atoms with Gasteiger partial charge < -0.3 is 29.6 Å². The first-order valence-corrected chi connectivity index (χ1v) is 13.3. The third kappa shape index (κ3) is 5.17. The van der Waals surface area contributed by atoms with Crippen LogP contribution in [0.2, 0.25) is 0 Å². The van der Waals surface area contributed by atoms with Gasteiger partial charge in [0.2, 0.25) is 0 Å². The van der Waals surface area contributed by atoms with Crippen molar-refractivity contribution in [3.05, 3.63) is 83.2 Å². The lowest BCUT2D eigenvalue weighted by molar-refractivity contribution is -0.286. The summed E-state index contributed by atoms with van der Waals surface area (Å²) in [7, 11) is 0. The number of rotatable bonds is 9. The summed E-state index contributed by atoms with van der Waals surface area (Å²) in [6.45, 7) is 3.01. The number of nitrogens with one attached hydrogen (secondary N) is 1. The lowest BCUT2D eigenvalue weighted by Crippen LogP contribution is -2.51. The van der Waals surface area contributed by atoms with Crippen LogP contribution in [-0.4, -0.2) is 50.9 Å². The number of imidazole rings is 1. The Bertz CT molecular complexity index is 1520. The van der Waals surface area contributed by atoms with Crippen molar-refractivity contribution in [2.24, 2.45) is 0 Å². The molecule has 0 spiro atoms. The van der Waals surface area contributed by atoms with Crippen molar-refractivity contribution >= 4 is 28.7 Å². The summed E-state index contributed by atoms with van der Waals surface area (Å²) >= 11 is 1.66. The van der Waals surface area contributed by atoms with Gasteiger partial charge in [0.1, 0.15) is 11.4 Å². The number of aromatic nitrogens is 2. The van der Waals surface area contributed by atoms with E-state index in [1.54, 1.807) is 61.2 Å². The maximum Gasteiger partial charge on any atom is 0.586 e. The summed E-state index contributed by atoms with van der Waals surface area (Å²) in [4.78, 5) is 18.9. The van der Waals surface area contributed by atoms with E-state index in [2.05, 4.69) is 15.0 Å². The number of carbonyl (C=O) groups excluding carboxylic acids is 1. The molecule has 1 aliphatic rings. The van der Waals surface area contributed by atoms with Crippen LogP contribution in [0, 0.1) is 6.92 Å². The number of fused-ring (bicyclic) bond motifs is 2. The van der Waals surface area contributed by atoms with Gasteiger partial charge in [-0.25, -0.2) is 4.98 Å². The average molecular weight is 556 g/mol. The fourth-order valence-corrected chi connectivity index (χ4v) is 5.28. The smallest absolute Gasteiger partial charge is 0.395 e. The minimum atomic E-state index is -3.72. The van der Waals surface area contributed by atoms with Crippen LogP contribution in [0.4, 0.5) is 8.78 Å². The second-order valence-corrected chi connectivity index (χ2v) is 10.5. The minimum absolute atomic E-state index is 0.0228.